The first-order valence-corrected chi connectivity index (χ1v) is 7.61. The Balaban J connectivity index is 0.00000225. The molecule has 1 heterocycles. The third-order valence-corrected chi connectivity index (χ3v) is 5.23. The van der Waals surface area contributed by atoms with Gasteiger partial charge in [0.25, 0.3) is 0 Å². The lowest BCUT2D eigenvalue weighted by molar-refractivity contribution is 0.579. The standard InChI is InChI=1S/C8H13BrN2O2S2.ClH/c1-2-10-5-6-11-15(12,13)8-4-3-7(9)14-8;/h3-4,10-11H,2,5-6H2,1H3;1H. The molecule has 0 spiro atoms. The average Bonchev–Trinajstić information content (AvgIpc) is 2.60. The Morgan fingerprint density at radius 1 is 1.38 bits per heavy atom. The van der Waals surface area contributed by atoms with Crippen LogP contribution >= 0.6 is 39.7 Å². The molecule has 1 aromatic rings. The maximum Gasteiger partial charge on any atom is 0.250 e. The number of rotatable bonds is 6. The minimum absolute atomic E-state index is 0. The van der Waals surface area contributed by atoms with E-state index in [0.29, 0.717) is 17.3 Å². The Morgan fingerprint density at radius 2 is 2.06 bits per heavy atom. The van der Waals surface area contributed by atoms with Crippen molar-refractivity contribution in [2.75, 3.05) is 19.6 Å². The topological polar surface area (TPSA) is 58.2 Å². The fourth-order valence-electron chi connectivity index (χ4n) is 0.964. The van der Waals surface area contributed by atoms with Crippen molar-refractivity contribution in [2.24, 2.45) is 0 Å². The average molecular weight is 350 g/mol. The summed E-state index contributed by atoms with van der Waals surface area (Å²) < 4.78 is 27.0. The molecule has 0 bridgehead atoms. The van der Waals surface area contributed by atoms with E-state index < -0.39 is 10.0 Å². The zero-order valence-electron chi connectivity index (χ0n) is 8.70. The van der Waals surface area contributed by atoms with Gasteiger partial charge in [0.05, 0.1) is 3.79 Å². The van der Waals surface area contributed by atoms with E-state index in [-0.39, 0.29) is 12.4 Å². The number of sulfonamides is 1. The van der Waals surface area contributed by atoms with Crippen molar-refractivity contribution in [1.29, 1.82) is 0 Å². The third kappa shape index (κ3) is 5.11. The number of likely N-dealkylation sites (N-methyl/N-ethyl adjacent to an activating group) is 1. The second-order valence-electron chi connectivity index (χ2n) is 2.81. The number of halogens is 2. The van der Waals surface area contributed by atoms with Crippen LogP contribution in [0, 0.1) is 0 Å². The fourth-order valence-corrected chi connectivity index (χ4v) is 4.05. The summed E-state index contributed by atoms with van der Waals surface area (Å²) in [6.07, 6.45) is 0. The van der Waals surface area contributed by atoms with E-state index in [1.54, 1.807) is 12.1 Å². The van der Waals surface area contributed by atoms with Gasteiger partial charge in [-0.2, -0.15) is 0 Å². The summed E-state index contributed by atoms with van der Waals surface area (Å²) in [5, 5.41) is 3.04. The van der Waals surface area contributed by atoms with Gasteiger partial charge >= 0.3 is 0 Å². The van der Waals surface area contributed by atoms with Crippen LogP contribution in [0.5, 0.6) is 0 Å². The molecule has 1 aromatic heterocycles. The van der Waals surface area contributed by atoms with Gasteiger partial charge in [-0.25, -0.2) is 13.1 Å². The Morgan fingerprint density at radius 3 is 2.56 bits per heavy atom. The Bertz CT molecular complexity index is 408. The van der Waals surface area contributed by atoms with Crippen LogP contribution in [0.4, 0.5) is 0 Å². The summed E-state index contributed by atoms with van der Waals surface area (Å²) in [4.78, 5) is 0. The highest BCUT2D eigenvalue weighted by Gasteiger charge is 2.15. The van der Waals surface area contributed by atoms with Crippen molar-refractivity contribution in [2.45, 2.75) is 11.1 Å². The van der Waals surface area contributed by atoms with E-state index in [4.69, 9.17) is 0 Å². The molecule has 2 N–H and O–H groups in total. The maximum atomic E-state index is 11.7. The van der Waals surface area contributed by atoms with Crippen molar-refractivity contribution < 1.29 is 8.42 Å². The van der Waals surface area contributed by atoms with Gasteiger partial charge < -0.3 is 5.32 Å². The quantitative estimate of drug-likeness (QED) is 0.770. The predicted molar refractivity (Wildman–Crippen MR) is 73.0 cm³/mol. The first-order chi connectivity index (χ1) is 7.06. The first-order valence-electron chi connectivity index (χ1n) is 4.52. The van der Waals surface area contributed by atoms with Crippen LogP contribution in [-0.4, -0.2) is 28.1 Å². The molecule has 94 valence electrons. The molecule has 16 heavy (non-hydrogen) atoms. The van der Waals surface area contributed by atoms with Crippen LogP contribution in [0.15, 0.2) is 20.1 Å². The predicted octanol–water partition coefficient (Wildman–Crippen LogP) is 1.82. The molecule has 4 nitrogen and oxygen atoms in total. The smallest absolute Gasteiger partial charge is 0.250 e. The zero-order valence-corrected chi connectivity index (χ0v) is 12.7. The van der Waals surface area contributed by atoms with Crippen LogP contribution in [0.1, 0.15) is 6.92 Å². The lowest BCUT2D eigenvalue weighted by Crippen LogP contribution is -2.31. The summed E-state index contributed by atoms with van der Waals surface area (Å²) in [5.41, 5.74) is 0. The van der Waals surface area contributed by atoms with Gasteiger partial charge in [0, 0.05) is 13.1 Å². The van der Waals surface area contributed by atoms with Crippen LogP contribution < -0.4 is 10.0 Å². The minimum atomic E-state index is -3.32. The number of nitrogens with one attached hydrogen (secondary N) is 2. The van der Waals surface area contributed by atoms with Crippen molar-refractivity contribution in [3.63, 3.8) is 0 Å². The first kappa shape index (κ1) is 16.3. The Labute approximate surface area is 114 Å². The summed E-state index contributed by atoms with van der Waals surface area (Å²) in [6.45, 7) is 3.87. The van der Waals surface area contributed by atoms with Crippen LogP contribution in [0.25, 0.3) is 0 Å². The molecule has 1 rings (SSSR count). The van der Waals surface area contributed by atoms with Crippen LogP contribution in [0.2, 0.25) is 0 Å². The van der Waals surface area contributed by atoms with E-state index in [1.165, 1.54) is 11.3 Å². The highest BCUT2D eigenvalue weighted by Crippen LogP contribution is 2.25. The van der Waals surface area contributed by atoms with Gasteiger partial charge in [0.2, 0.25) is 10.0 Å². The van der Waals surface area contributed by atoms with Gasteiger partial charge in [-0.3, -0.25) is 0 Å². The van der Waals surface area contributed by atoms with Gasteiger partial charge in [-0.05, 0) is 34.6 Å². The molecular formula is C8H14BrClN2O2S2. The van der Waals surface area contributed by atoms with Gasteiger partial charge in [0.1, 0.15) is 4.21 Å². The van der Waals surface area contributed by atoms with Crippen LogP contribution in [-0.2, 0) is 10.0 Å². The van der Waals surface area contributed by atoms with Crippen molar-refractivity contribution in [3.05, 3.63) is 15.9 Å². The molecule has 0 aliphatic heterocycles. The number of hydrogen-bond donors (Lipinski definition) is 2. The fraction of sp³-hybridized carbons (Fsp3) is 0.500. The molecule has 0 atom stereocenters. The summed E-state index contributed by atoms with van der Waals surface area (Å²) in [7, 11) is -3.32. The molecule has 0 unspecified atom stereocenters. The van der Waals surface area contributed by atoms with Crippen LogP contribution in [0.3, 0.4) is 0 Å². The van der Waals surface area contributed by atoms with E-state index >= 15 is 0 Å². The molecule has 0 aliphatic rings. The lowest BCUT2D eigenvalue weighted by Gasteiger charge is -2.04. The number of hydrogen-bond acceptors (Lipinski definition) is 4. The molecule has 8 heteroatoms. The summed E-state index contributed by atoms with van der Waals surface area (Å²) >= 11 is 4.44. The molecule has 0 saturated heterocycles. The maximum absolute atomic E-state index is 11.7. The number of thiophene rings is 1. The van der Waals surface area contributed by atoms with E-state index in [2.05, 4.69) is 26.0 Å². The van der Waals surface area contributed by atoms with Crippen molar-refractivity contribution >= 4 is 49.7 Å². The summed E-state index contributed by atoms with van der Waals surface area (Å²) in [6, 6.07) is 3.31. The van der Waals surface area contributed by atoms with E-state index in [1.807, 2.05) is 6.92 Å². The highest BCUT2D eigenvalue weighted by atomic mass is 79.9. The second kappa shape index (κ2) is 7.62. The molecule has 0 amide bonds. The second-order valence-corrected chi connectivity index (χ2v) is 7.27. The van der Waals surface area contributed by atoms with E-state index in [0.717, 1.165) is 10.3 Å². The minimum Gasteiger partial charge on any atom is -0.316 e. The van der Waals surface area contributed by atoms with Crippen molar-refractivity contribution in [3.8, 4) is 0 Å². The Kier molecular flexibility index (Phi) is 7.79. The highest BCUT2D eigenvalue weighted by molar-refractivity contribution is 9.11. The molecule has 0 radical (unpaired) electrons. The molecule has 0 aromatic carbocycles. The monoisotopic (exact) mass is 348 g/mol. The zero-order chi connectivity index (χ0) is 11.3. The van der Waals surface area contributed by atoms with Gasteiger partial charge in [-0.1, -0.05) is 6.92 Å². The molecular weight excluding hydrogens is 336 g/mol. The molecule has 0 saturated carbocycles. The Hall–Kier alpha value is 0.340. The van der Waals surface area contributed by atoms with Gasteiger partial charge in [0.15, 0.2) is 0 Å². The largest absolute Gasteiger partial charge is 0.316 e. The molecule has 0 fully saturated rings. The van der Waals surface area contributed by atoms with Gasteiger partial charge in [-0.15, -0.1) is 23.7 Å². The SMILES string of the molecule is CCNCCNS(=O)(=O)c1ccc(Br)s1.Cl. The van der Waals surface area contributed by atoms with E-state index in [9.17, 15) is 8.42 Å². The third-order valence-electron chi connectivity index (χ3n) is 1.66. The van der Waals surface area contributed by atoms with Crippen molar-refractivity contribution in [1.82, 2.24) is 10.0 Å². The molecule has 0 aliphatic carbocycles. The lowest BCUT2D eigenvalue weighted by atomic mass is 10.6. The summed E-state index contributed by atoms with van der Waals surface area (Å²) in [5.74, 6) is 0. The normalized spacial score (nSPS) is 11.1.